The van der Waals surface area contributed by atoms with Gasteiger partial charge in [-0.15, -0.1) is 11.3 Å². The number of methoxy groups -OCH3 is 1. The highest BCUT2D eigenvalue weighted by molar-refractivity contribution is 7.09. The number of nitrogens with zero attached hydrogens (tertiary/aromatic N) is 2. The van der Waals surface area contributed by atoms with Gasteiger partial charge in [0.1, 0.15) is 11.5 Å². The van der Waals surface area contributed by atoms with Crippen molar-refractivity contribution in [3.05, 3.63) is 40.3 Å². The standard InChI is InChI=1S/C14H14N2O2S/c1-17-12-3-2-4-13(9-12)18-8-6-14-16-11(5-7-15)10-19-14/h2-4,9-10H,5-6,8H2,1H3. The van der Waals surface area contributed by atoms with Crippen LogP contribution in [0.15, 0.2) is 29.6 Å². The summed E-state index contributed by atoms with van der Waals surface area (Å²) < 4.78 is 10.8. The van der Waals surface area contributed by atoms with Gasteiger partial charge in [0.25, 0.3) is 0 Å². The van der Waals surface area contributed by atoms with Crippen LogP contribution in [0.1, 0.15) is 10.7 Å². The van der Waals surface area contributed by atoms with Crippen LogP contribution in [0.2, 0.25) is 0 Å². The molecule has 0 aliphatic carbocycles. The third kappa shape index (κ3) is 3.97. The average molecular weight is 274 g/mol. The highest BCUT2D eigenvalue weighted by atomic mass is 32.1. The molecule has 0 amide bonds. The number of thiazole rings is 1. The van der Waals surface area contributed by atoms with Crippen molar-refractivity contribution in [1.29, 1.82) is 5.26 Å². The van der Waals surface area contributed by atoms with Gasteiger partial charge in [0.05, 0.1) is 36.9 Å². The molecule has 2 aromatic rings. The van der Waals surface area contributed by atoms with Gasteiger partial charge < -0.3 is 9.47 Å². The van der Waals surface area contributed by atoms with E-state index in [2.05, 4.69) is 11.1 Å². The zero-order chi connectivity index (χ0) is 13.5. The molecule has 5 heteroatoms. The molecule has 1 aromatic carbocycles. The first kappa shape index (κ1) is 13.4. The molecule has 0 aliphatic rings. The quantitative estimate of drug-likeness (QED) is 0.812. The Morgan fingerprint density at radius 1 is 1.37 bits per heavy atom. The molecule has 1 aromatic heterocycles. The Labute approximate surface area is 116 Å². The number of nitriles is 1. The normalized spacial score (nSPS) is 9.89. The molecule has 0 fully saturated rings. The van der Waals surface area contributed by atoms with Crippen molar-refractivity contribution in [3.8, 4) is 17.6 Å². The monoisotopic (exact) mass is 274 g/mol. The molecule has 0 bridgehead atoms. The summed E-state index contributed by atoms with van der Waals surface area (Å²) in [5.74, 6) is 1.57. The molecule has 0 radical (unpaired) electrons. The SMILES string of the molecule is COc1cccc(OCCc2nc(CC#N)cs2)c1. The largest absolute Gasteiger partial charge is 0.497 e. The Kier molecular flexibility index (Phi) is 4.76. The summed E-state index contributed by atoms with van der Waals surface area (Å²) >= 11 is 1.57. The van der Waals surface area contributed by atoms with Crippen LogP contribution in [0, 0.1) is 11.3 Å². The number of ether oxygens (including phenoxy) is 2. The number of hydrogen-bond acceptors (Lipinski definition) is 5. The van der Waals surface area contributed by atoms with Crippen molar-refractivity contribution >= 4 is 11.3 Å². The van der Waals surface area contributed by atoms with Gasteiger partial charge in [-0.1, -0.05) is 6.07 Å². The lowest BCUT2D eigenvalue weighted by Crippen LogP contribution is -2.01. The van der Waals surface area contributed by atoms with Gasteiger partial charge in [-0.2, -0.15) is 5.26 Å². The lowest BCUT2D eigenvalue weighted by atomic mass is 10.3. The van der Waals surface area contributed by atoms with Crippen LogP contribution in [-0.2, 0) is 12.8 Å². The summed E-state index contributed by atoms with van der Waals surface area (Å²) in [7, 11) is 1.63. The highest BCUT2D eigenvalue weighted by Crippen LogP contribution is 2.19. The first-order chi connectivity index (χ1) is 9.31. The molecule has 0 spiro atoms. The number of hydrogen-bond donors (Lipinski definition) is 0. The molecule has 0 saturated heterocycles. The lowest BCUT2D eigenvalue weighted by molar-refractivity contribution is 0.318. The zero-order valence-corrected chi connectivity index (χ0v) is 11.4. The first-order valence-electron chi connectivity index (χ1n) is 5.89. The predicted molar refractivity (Wildman–Crippen MR) is 73.6 cm³/mol. The molecule has 98 valence electrons. The molecular weight excluding hydrogens is 260 g/mol. The maximum Gasteiger partial charge on any atom is 0.123 e. The van der Waals surface area contributed by atoms with E-state index in [-0.39, 0.29) is 0 Å². The van der Waals surface area contributed by atoms with Gasteiger partial charge in [0.2, 0.25) is 0 Å². The zero-order valence-electron chi connectivity index (χ0n) is 10.6. The van der Waals surface area contributed by atoms with E-state index in [1.807, 2.05) is 29.6 Å². The molecule has 0 unspecified atom stereocenters. The summed E-state index contributed by atoms with van der Waals surface area (Å²) in [5.41, 5.74) is 0.837. The van der Waals surface area contributed by atoms with E-state index in [9.17, 15) is 0 Å². The van der Waals surface area contributed by atoms with E-state index >= 15 is 0 Å². The minimum absolute atomic E-state index is 0.368. The second-order valence-electron chi connectivity index (χ2n) is 3.84. The second kappa shape index (κ2) is 6.76. The molecular formula is C14H14N2O2S. The first-order valence-corrected chi connectivity index (χ1v) is 6.77. The van der Waals surface area contributed by atoms with Gasteiger partial charge in [0, 0.05) is 17.9 Å². The van der Waals surface area contributed by atoms with Crippen LogP contribution >= 0.6 is 11.3 Å². The maximum absolute atomic E-state index is 8.58. The summed E-state index contributed by atoms with van der Waals surface area (Å²) in [4.78, 5) is 4.36. The summed E-state index contributed by atoms with van der Waals surface area (Å²) in [5, 5.41) is 11.5. The van der Waals surface area contributed by atoms with Gasteiger partial charge in [-0.05, 0) is 12.1 Å². The fourth-order valence-electron chi connectivity index (χ4n) is 1.57. The number of benzene rings is 1. The van der Waals surface area contributed by atoms with Gasteiger partial charge >= 0.3 is 0 Å². The molecule has 19 heavy (non-hydrogen) atoms. The third-order valence-electron chi connectivity index (χ3n) is 2.49. The number of aromatic nitrogens is 1. The van der Waals surface area contributed by atoms with Crippen molar-refractivity contribution in [2.24, 2.45) is 0 Å². The minimum atomic E-state index is 0.368. The highest BCUT2D eigenvalue weighted by Gasteiger charge is 2.02. The van der Waals surface area contributed by atoms with Gasteiger partial charge in [0.15, 0.2) is 0 Å². The number of rotatable bonds is 6. The van der Waals surface area contributed by atoms with Crippen molar-refractivity contribution in [2.75, 3.05) is 13.7 Å². The average Bonchev–Trinajstić information content (AvgIpc) is 2.87. The summed E-state index contributed by atoms with van der Waals surface area (Å²) in [6.45, 7) is 0.562. The van der Waals surface area contributed by atoms with Crippen LogP contribution in [0.4, 0.5) is 0 Å². The summed E-state index contributed by atoms with van der Waals surface area (Å²) in [6.07, 6.45) is 1.11. The molecule has 0 N–H and O–H groups in total. The van der Waals surface area contributed by atoms with E-state index in [4.69, 9.17) is 14.7 Å². The van der Waals surface area contributed by atoms with Crippen LogP contribution < -0.4 is 9.47 Å². The van der Waals surface area contributed by atoms with Crippen molar-refractivity contribution in [3.63, 3.8) is 0 Å². The molecule has 1 heterocycles. The van der Waals surface area contributed by atoms with E-state index in [0.29, 0.717) is 13.0 Å². The van der Waals surface area contributed by atoms with Gasteiger partial charge in [-0.25, -0.2) is 4.98 Å². The molecule has 0 aliphatic heterocycles. The smallest absolute Gasteiger partial charge is 0.123 e. The van der Waals surface area contributed by atoms with Crippen LogP contribution in [-0.4, -0.2) is 18.7 Å². The fourth-order valence-corrected chi connectivity index (χ4v) is 2.35. The van der Waals surface area contributed by atoms with Crippen molar-refractivity contribution in [1.82, 2.24) is 4.98 Å². The maximum atomic E-state index is 8.58. The van der Waals surface area contributed by atoms with Crippen LogP contribution in [0.5, 0.6) is 11.5 Å². The molecule has 2 rings (SSSR count). The van der Waals surface area contributed by atoms with Gasteiger partial charge in [-0.3, -0.25) is 0 Å². The minimum Gasteiger partial charge on any atom is -0.497 e. The Bertz CT molecular complexity index is 575. The van der Waals surface area contributed by atoms with E-state index < -0.39 is 0 Å². The topological polar surface area (TPSA) is 55.1 Å². The van der Waals surface area contributed by atoms with Crippen LogP contribution in [0.3, 0.4) is 0 Å². The fraction of sp³-hybridized carbons (Fsp3) is 0.286. The molecule has 4 nitrogen and oxygen atoms in total. The van der Waals surface area contributed by atoms with E-state index in [1.165, 1.54) is 0 Å². The van der Waals surface area contributed by atoms with Crippen molar-refractivity contribution in [2.45, 2.75) is 12.8 Å². The van der Waals surface area contributed by atoms with Crippen LogP contribution in [0.25, 0.3) is 0 Å². The Morgan fingerprint density at radius 2 is 2.21 bits per heavy atom. The lowest BCUT2D eigenvalue weighted by Gasteiger charge is -2.06. The third-order valence-corrected chi connectivity index (χ3v) is 3.44. The van der Waals surface area contributed by atoms with Crippen molar-refractivity contribution < 1.29 is 9.47 Å². The van der Waals surface area contributed by atoms with E-state index in [0.717, 1.165) is 28.6 Å². The molecule has 0 atom stereocenters. The van der Waals surface area contributed by atoms with E-state index in [1.54, 1.807) is 18.4 Å². The predicted octanol–water partition coefficient (Wildman–Crippen LogP) is 2.84. The second-order valence-corrected chi connectivity index (χ2v) is 4.79. The summed E-state index contributed by atoms with van der Waals surface area (Å²) in [6, 6.07) is 9.60. The Morgan fingerprint density at radius 3 is 3.00 bits per heavy atom. The Hall–Kier alpha value is -2.06. The Balaban J connectivity index is 1.83. The molecule has 0 saturated carbocycles.